The molecule has 0 spiro atoms. The molecule has 2 N–H and O–H groups in total. The van der Waals surface area contributed by atoms with E-state index in [1.807, 2.05) is 18.4 Å². The number of thiophene rings is 1. The molecule has 0 aliphatic carbocycles. The van der Waals surface area contributed by atoms with E-state index < -0.39 is 0 Å². The maximum atomic E-state index is 13.2. The molecule has 2 rings (SSSR count). The van der Waals surface area contributed by atoms with Gasteiger partial charge in [-0.3, -0.25) is 0 Å². The van der Waals surface area contributed by atoms with Crippen LogP contribution in [0.4, 0.5) is 4.39 Å². The average Bonchev–Trinajstić information content (AvgIpc) is 2.68. The molecule has 0 amide bonds. The maximum absolute atomic E-state index is 13.2. The lowest BCUT2D eigenvalue weighted by Gasteiger charge is -2.14. The van der Waals surface area contributed by atoms with Crippen molar-refractivity contribution < 1.29 is 4.39 Å². The zero-order valence-electron chi connectivity index (χ0n) is 9.41. The van der Waals surface area contributed by atoms with E-state index in [-0.39, 0.29) is 11.9 Å². The van der Waals surface area contributed by atoms with Gasteiger partial charge in [-0.25, -0.2) is 4.39 Å². The van der Waals surface area contributed by atoms with Crippen molar-refractivity contribution in [2.24, 2.45) is 5.73 Å². The molecule has 1 aromatic heterocycles. The maximum Gasteiger partial charge on any atom is 0.123 e. The molecular weight excluding hydrogens is 301 g/mol. The highest BCUT2D eigenvalue weighted by atomic mass is 79.9. The number of halogens is 2. The van der Waals surface area contributed by atoms with Gasteiger partial charge in [0.2, 0.25) is 0 Å². The normalized spacial score (nSPS) is 12.7. The number of hydrogen-bond acceptors (Lipinski definition) is 2. The van der Waals surface area contributed by atoms with Crippen molar-refractivity contribution >= 4 is 27.3 Å². The predicted molar refractivity (Wildman–Crippen MR) is 73.8 cm³/mol. The van der Waals surface area contributed by atoms with Crippen molar-refractivity contribution in [2.75, 3.05) is 0 Å². The lowest BCUT2D eigenvalue weighted by Crippen LogP contribution is -2.14. The molecule has 90 valence electrons. The fourth-order valence-corrected chi connectivity index (χ4v) is 3.37. The minimum atomic E-state index is -0.230. The van der Waals surface area contributed by atoms with Crippen LogP contribution in [0, 0.1) is 12.7 Å². The molecule has 2 aromatic rings. The Morgan fingerprint density at radius 1 is 1.41 bits per heavy atom. The Kier molecular flexibility index (Phi) is 3.97. The molecule has 0 saturated heterocycles. The van der Waals surface area contributed by atoms with Crippen LogP contribution in [0.3, 0.4) is 0 Å². The summed E-state index contributed by atoms with van der Waals surface area (Å²) in [6, 6.07) is 6.61. The Bertz CT molecular complexity index is 524. The van der Waals surface area contributed by atoms with Crippen molar-refractivity contribution in [2.45, 2.75) is 19.4 Å². The van der Waals surface area contributed by atoms with E-state index >= 15 is 0 Å². The molecule has 1 aromatic carbocycles. The largest absolute Gasteiger partial charge is 0.324 e. The molecule has 0 aliphatic heterocycles. The molecule has 0 fully saturated rings. The third-order valence-corrected chi connectivity index (χ3v) is 4.69. The molecule has 0 bridgehead atoms. The number of hydrogen-bond donors (Lipinski definition) is 1. The van der Waals surface area contributed by atoms with Crippen LogP contribution in [0.2, 0.25) is 0 Å². The van der Waals surface area contributed by atoms with Crippen LogP contribution in [0.15, 0.2) is 34.1 Å². The molecule has 0 radical (unpaired) electrons. The van der Waals surface area contributed by atoms with Crippen molar-refractivity contribution in [3.05, 3.63) is 55.9 Å². The van der Waals surface area contributed by atoms with Gasteiger partial charge in [0.25, 0.3) is 0 Å². The summed E-state index contributed by atoms with van der Waals surface area (Å²) in [6.45, 7) is 1.96. The third-order valence-electron chi connectivity index (χ3n) is 2.74. The van der Waals surface area contributed by atoms with Crippen LogP contribution < -0.4 is 5.73 Å². The number of rotatable bonds is 3. The van der Waals surface area contributed by atoms with Crippen LogP contribution in [-0.2, 0) is 6.42 Å². The first kappa shape index (κ1) is 12.7. The summed E-state index contributed by atoms with van der Waals surface area (Å²) in [7, 11) is 0. The van der Waals surface area contributed by atoms with Crippen molar-refractivity contribution in [1.82, 2.24) is 0 Å². The van der Waals surface area contributed by atoms with Crippen LogP contribution in [-0.4, -0.2) is 0 Å². The van der Waals surface area contributed by atoms with Gasteiger partial charge in [-0.05, 0) is 57.6 Å². The van der Waals surface area contributed by atoms with Gasteiger partial charge >= 0.3 is 0 Å². The Morgan fingerprint density at radius 2 is 2.18 bits per heavy atom. The highest BCUT2D eigenvalue weighted by Gasteiger charge is 2.13. The van der Waals surface area contributed by atoms with E-state index in [4.69, 9.17) is 5.73 Å². The van der Waals surface area contributed by atoms with Gasteiger partial charge in [-0.15, -0.1) is 11.3 Å². The minimum absolute atomic E-state index is 0.166. The molecule has 1 atom stereocenters. The van der Waals surface area contributed by atoms with Crippen LogP contribution in [0.25, 0.3) is 0 Å². The zero-order valence-corrected chi connectivity index (χ0v) is 11.8. The van der Waals surface area contributed by atoms with Crippen molar-refractivity contribution in [3.8, 4) is 0 Å². The van der Waals surface area contributed by atoms with Crippen LogP contribution >= 0.6 is 27.3 Å². The third kappa shape index (κ3) is 2.94. The SMILES string of the molecule is Cc1ccc(F)cc1C(N)Cc1sccc1Br. The van der Waals surface area contributed by atoms with Gasteiger partial charge < -0.3 is 5.73 Å². The molecular formula is C13H13BrFNS. The topological polar surface area (TPSA) is 26.0 Å². The average molecular weight is 314 g/mol. The van der Waals surface area contributed by atoms with Gasteiger partial charge in [0.15, 0.2) is 0 Å². The summed E-state index contributed by atoms with van der Waals surface area (Å²) < 4.78 is 14.3. The molecule has 17 heavy (non-hydrogen) atoms. The summed E-state index contributed by atoms with van der Waals surface area (Å²) in [5.41, 5.74) is 8.06. The van der Waals surface area contributed by atoms with E-state index in [9.17, 15) is 4.39 Å². The first-order valence-corrected chi connectivity index (χ1v) is 6.98. The van der Waals surface area contributed by atoms with Gasteiger partial charge in [0, 0.05) is 21.8 Å². The lowest BCUT2D eigenvalue weighted by atomic mass is 9.99. The van der Waals surface area contributed by atoms with E-state index in [0.29, 0.717) is 0 Å². The van der Waals surface area contributed by atoms with Crippen molar-refractivity contribution in [1.29, 1.82) is 0 Å². The minimum Gasteiger partial charge on any atom is -0.324 e. The highest BCUT2D eigenvalue weighted by molar-refractivity contribution is 9.10. The van der Waals surface area contributed by atoms with Gasteiger partial charge in [-0.2, -0.15) is 0 Å². The second-order valence-electron chi connectivity index (χ2n) is 4.00. The highest BCUT2D eigenvalue weighted by Crippen LogP contribution is 2.28. The quantitative estimate of drug-likeness (QED) is 0.903. The summed E-state index contributed by atoms with van der Waals surface area (Å²) in [5, 5.41) is 2.02. The second kappa shape index (κ2) is 5.29. The summed E-state index contributed by atoms with van der Waals surface area (Å²) >= 11 is 5.14. The molecule has 1 nitrogen and oxygen atoms in total. The fourth-order valence-electron chi connectivity index (χ4n) is 1.79. The Labute approximate surface area is 113 Å². The Hall–Kier alpha value is -0.710. The lowest BCUT2D eigenvalue weighted by molar-refractivity contribution is 0.617. The monoisotopic (exact) mass is 313 g/mol. The first-order chi connectivity index (χ1) is 8.08. The number of nitrogens with two attached hydrogens (primary N) is 1. The molecule has 1 unspecified atom stereocenters. The molecule has 0 aliphatic rings. The smallest absolute Gasteiger partial charge is 0.123 e. The summed E-state index contributed by atoms with van der Waals surface area (Å²) in [4.78, 5) is 1.20. The zero-order chi connectivity index (χ0) is 12.4. The van der Waals surface area contributed by atoms with E-state index in [0.717, 1.165) is 22.0 Å². The Morgan fingerprint density at radius 3 is 2.82 bits per heavy atom. The van der Waals surface area contributed by atoms with E-state index in [2.05, 4.69) is 15.9 Å². The second-order valence-corrected chi connectivity index (χ2v) is 5.86. The molecule has 1 heterocycles. The van der Waals surface area contributed by atoms with Gasteiger partial charge in [0.1, 0.15) is 5.82 Å². The van der Waals surface area contributed by atoms with E-state index in [1.54, 1.807) is 17.4 Å². The van der Waals surface area contributed by atoms with Crippen LogP contribution in [0.5, 0.6) is 0 Å². The van der Waals surface area contributed by atoms with Gasteiger partial charge in [-0.1, -0.05) is 6.07 Å². The number of benzene rings is 1. The standard InChI is InChI=1S/C13H13BrFNS/c1-8-2-3-9(15)6-10(8)12(16)7-13-11(14)4-5-17-13/h2-6,12H,7,16H2,1H3. The van der Waals surface area contributed by atoms with Crippen LogP contribution in [0.1, 0.15) is 22.0 Å². The van der Waals surface area contributed by atoms with Gasteiger partial charge in [0.05, 0.1) is 0 Å². The fraction of sp³-hybridized carbons (Fsp3) is 0.231. The Balaban J connectivity index is 2.23. The summed E-state index contributed by atoms with van der Waals surface area (Å²) in [6.07, 6.45) is 0.725. The first-order valence-electron chi connectivity index (χ1n) is 5.31. The van der Waals surface area contributed by atoms with E-state index in [1.165, 1.54) is 17.0 Å². The predicted octanol–water partition coefficient (Wildman–Crippen LogP) is 4.20. The number of aryl methyl sites for hydroxylation is 1. The van der Waals surface area contributed by atoms with Crippen molar-refractivity contribution in [3.63, 3.8) is 0 Å². The summed E-state index contributed by atoms with van der Waals surface area (Å²) in [5.74, 6) is -0.230. The molecule has 0 saturated carbocycles. The molecule has 4 heteroatoms.